The number of hydrogen-bond acceptors (Lipinski definition) is 4. The molecular weight excluding hydrogens is 292 g/mol. The van der Waals surface area contributed by atoms with Gasteiger partial charge in [-0.2, -0.15) is 5.10 Å². The molecule has 1 aromatic heterocycles. The lowest BCUT2D eigenvalue weighted by atomic mass is 9.92. The first-order valence-electron chi connectivity index (χ1n) is 8.58. The highest BCUT2D eigenvalue weighted by Gasteiger charge is 2.21. The number of rotatable bonds is 6. The predicted octanol–water partition coefficient (Wildman–Crippen LogP) is 1.36. The second-order valence-electron chi connectivity index (χ2n) is 6.74. The van der Waals surface area contributed by atoms with E-state index >= 15 is 0 Å². The quantitative estimate of drug-likeness (QED) is 0.859. The highest BCUT2D eigenvalue weighted by atomic mass is 16.2. The molecule has 0 aliphatic carbocycles. The van der Waals surface area contributed by atoms with E-state index in [1.54, 1.807) is 0 Å². The lowest BCUT2D eigenvalue weighted by molar-refractivity contribution is 0.0929. The van der Waals surface area contributed by atoms with Crippen molar-refractivity contribution in [1.29, 1.82) is 0 Å². The molecule has 1 N–H and O–H groups in total. The van der Waals surface area contributed by atoms with Crippen molar-refractivity contribution in [1.82, 2.24) is 20.0 Å². The number of likely N-dealkylation sites (tertiary alicyclic amines) is 1. The van der Waals surface area contributed by atoms with Gasteiger partial charge in [-0.25, -0.2) is 4.68 Å². The summed E-state index contributed by atoms with van der Waals surface area (Å²) in [6, 6.07) is 2.90. The summed E-state index contributed by atoms with van der Waals surface area (Å²) in [4.78, 5) is 26.2. The van der Waals surface area contributed by atoms with Crippen molar-refractivity contribution in [3.63, 3.8) is 0 Å². The summed E-state index contributed by atoms with van der Waals surface area (Å²) >= 11 is 0. The van der Waals surface area contributed by atoms with E-state index in [0.717, 1.165) is 26.1 Å². The van der Waals surface area contributed by atoms with Gasteiger partial charge >= 0.3 is 0 Å². The molecule has 2 atom stereocenters. The van der Waals surface area contributed by atoms with Crippen molar-refractivity contribution in [2.24, 2.45) is 11.8 Å². The average Bonchev–Trinajstić information content (AvgIpc) is 2.48. The van der Waals surface area contributed by atoms with Crippen molar-refractivity contribution >= 4 is 5.91 Å². The molecule has 6 nitrogen and oxygen atoms in total. The molecule has 1 amide bonds. The van der Waals surface area contributed by atoms with Crippen LogP contribution in [0.2, 0.25) is 0 Å². The third-order valence-electron chi connectivity index (χ3n) is 4.19. The number of aromatic nitrogens is 2. The van der Waals surface area contributed by atoms with E-state index in [-0.39, 0.29) is 11.5 Å². The van der Waals surface area contributed by atoms with Crippen LogP contribution in [-0.2, 0) is 6.54 Å². The number of carbonyl (C=O) groups is 1. The van der Waals surface area contributed by atoms with Gasteiger partial charge in [0.1, 0.15) is 5.69 Å². The Morgan fingerprint density at radius 2 is 1.96 bits per heavy atom. The average molecular weight is 320 g/mol. The largest absolute Gasteiger partial charge is 0.349 e. The number of amides is 1. The molecule has 1 saturated heterocycles. The number of carbonyl (C=O) groups excluding carboxylic acids is 1. The third-order valence-corrected chi connectivity index (χ3v) is 4.19. The minimum Gasteiger partial charge on any atom is -0.349 e. The van der Waals surface area contributed by atoms with Crippen molar-refractivity contribution in [3.8, 4) is 0 Å². The molecule has 0 aromatic carbocycles. The lowest BCUT2D eigenvalue weighted by Gasteiger charge is -2.34. The first-order valence-corrected chi connectivity index (χ1v) is 8.58. The first-order chi connectivity index (χ1) is 11.0. The molecule has 1 fully saturated rings. The highest BCUT2D eigenvalue weighted by Crippen LogP contribution is 2.20. The maximum absolute atomic E-state index is 12.2. The number of aryl methyl sites for hydroxylation is 1. The number of nitrogens with zero attached hydrogens (tertiary/aromatic N) is 3. The molecular formula is C17H28N4O2. The third kappa shape index (κ3) is 5.16. The van der Waals surface area contributed by atoms with Gasteiger partial charge in [-0.15, -0.1) is 0 Å². The first kappa shape index (κ1) is 17.7. The van der Waals surface area contributed by atoms with Gasteiger partial charge in [0.05, 0.1) is 0 Å². The standard InChI is InChI=1S/C17H28N4O2/c1-4-8-21-16(22)6-5-15(19-21)17(23)18-7-9-20-11-13(2)10-14(3)12-20/h5-6,13-14H,4,7-12H2,1-3H3,(H,18,23)/t13-,14+. The van der Waals surface area contributed by atoms with Gasteiger partial charge in [0.2, 0.25) is 0 Å². The smallest absolute Gasteiger partial charge is 0.271 e. The van der Waals surface area contributed by atoms with Gasteiger partial charge in [-0.1, -0.05) is 20.8 Å². The minimum atomic E-state index is -0.215. The van der Waals surface area contributed by atoms with Crippen molar-refractivity contribution in [2.45, 2.75) is 40.2 Å². The summed E-state index contributed by atoms with van der Waals surface area (Å²) in [5, 5.41) is 7.04. The van der Waals surface area contributed by atoms with Gasteiger partial charge in [-0.3, -0.25) is 9.59 Å². The second-order valence-corrected chi connectivity index (χ2v) is 6.74. The monoisotopic (exact) mass is 320 g/mol. The Bertz CT molecular complexity index is 574. The SMILES string of the molecule is CCCn1nc(C(=O)NCCN2C[C@H](C)C[C@H](C)C2)ccc1=O. The van der Waals surface area contributed by atoms with E-state index in [4.69, 9.17) is 0 Å². The van der Waals surface area contributed by atoms with Gasteiger partial charge in [0.25, 0.3) is 11.5 Å². The Labute approximate surface area is 137 Å². The van der Waals surface area contributed by atoms with Crippen LogP contribution in [0.15, 0.2) is 16.9 Å². The van der Waals surface area contributed by atoms with Crippen molar-refractivity contribution in [3.05, 3.63) is 28.2 Å². The van der Waals surface area contributed by atoms with Crippen LogP contribution in [-0.4, -0.2) is 46.8 Å². The molecule has 2 rings (SSSR count). The van der Waals surface area contributed by atoms with Crippen molar-refractivity contribution < 1.29 is 4.79 Å². The summed E-state index contributed by atoms with van der Waals surface area (Å²) in [6.45, 7) is 10.7. The Morgan fingerprint density at radius 1 is 1.26 bits per heavy atom. The summed E-state index contributed by atoms with van der Waals surface area (Å²) in [7, 11) is 0. The fourth-order valence-corrected chi connectivity index (χ4v) is 3.33. The van der Waals surface area contributed by atoms with Crippen LogP contribution in [0.25, 0.3) is 0 Å². The summed E-state index contributed by atoms with van der Waals surface area (Å²) in [5.41, 5.74) is 0.137. The summed E-state index contributed by atoms with van der Waals surface area (Å²) in [5.74, 6) is 1.22. The zero-order valence-corrected chi connectivity index (χ0v) is 14.4. The molecule has 0 saturated carbocycles. The zero-order chi connectivity index (χ0) is 16.8. The normalized spacial score (nSPS) is 22.0. The summed E-state index contributed by atoms with van der Waals surface area (Å²) in [6.07, 6.45) is 2.09. The van der Waals surface area contributed by atoms with Crippen LogP contribution < -0.4 is 10.9 Å². The van der Waals surface area contributed by atoms with E-state index in [1.807, 2.05) is 6.92 Å². The van der Waals surface area contributed by atoms with E-state index in [1.165, 1.54) is 23.2 Å². The molecule has 23 heavy (non-hydrogen) atoms. The van der Waals surface area contributed by atoms with E-state index in [9.17, 15) is 9.59 Å². The molecule has 0 spiro atoms. The Hall–Kier alpha value is -1.69. The van der Waals surface area contributed by atoms with Crippen LogP contribution in [0.3, 0.4) is 0 Å². The molecule has 1 aliphatic rings. The predicted molar refractivity (Wildman–Crippen MR) is 90.5 cm³/mol. The molecule has 0 bridgehead atoms. The fraction of sp³-hybridized carbons (Fsp3) is 0.706. The number of nitrogens with one attached hydrogen (secondary N) is 1. The Kier molecular flexibility index (Phi) is 6.33. The van der Waals surface area contributed by atoms with Gasteiger partial charge < -0.3 is 10.2 Å². The highest BCUT2D eigenvalue weighted by molar-refractivity contribution is 5.91. The maximum atomic E-state index is 12.2. The zero-order valence-electron chi connectivity index (χ0n) is 14.4. The van der Waals surface area contributed by atoms with E-state index < -0.39 is 0 Å². The van der Waals surface area contributed by atoms with Crippen LogP contribution in [0.1, 0.15) is 44.1 Å². The minimum absolute atomic E-state index is 0.167. The molecule has 0 unspecified atom stereocenters. The molecule has 2 heterocycles. The van der Waals surface area contributed by atoms with Crippen LogP contribution >= 0.6 is 0 Å². The maximum Gasteiger partial charge on any atom is 0.271 e. The lowest BCUT2D eigenvalue weighted by Crippen LogP contribution is -2.43. The fourth-order valence-electron chi connectivity index (χ4n) is 3.33. The molecule has 0 radical (unpaired) electrons. The van der Waals surface area contributed by atoms with E-state index in [0.29, 0.717) is 30.6 Å². The molecule has 1 aromatic rings. The van der Waals surface area contributed by atoms with Gasteiger partial charge in [0.15, 0.2) is 0 Å². The molecule has 6 heteroatoms. The topological polar surface area (TPSA) is 67.2 Å². The second kappa shape index (κ2) is 8.24. The molecule has 128 valence electrons. The number of piperidine rings is 1. The van der Waals surface area contributed by atoms with Crippen LogP contribution in [0.4, 0.5) is 0 Å². The van der Waals surface area contributed by atoms with E-state index in [2.05, 4.69) is 29.2 Å². The van der Waals surface area contributed by atoms with Crippen LogP contribution in [0.5, 0.6) is 0 Å². The van der Waals surface area contributed by atoms with Gasteiger partial charge in [0, 0.05) is 38.8 Å². The summed E-state index contributed by atoms with van der Waals surface area (Å²) < 4.78 is 1.35. The van der Waals surface area contributed by atoms with Crippen LogP contribution in [0, 0.1) is 11.8 Å². The van der Waals surface area contributed by atoms with Gasteiger partial charge in [-0.05, 0) is 30.7 Å². The Balaban J connectivity index is 1.85. The Morgan fingerprint density at radius 3 is 2.61 bits per heavy atom. The molecule has 1 aliphatic heterocycles. The number of hydrogen-bond donors (Lipinski definition) is 1. The van der Waals surface area contributed by atoms with Crippen molar-refractivity contribution in [2.75, 3.05) is 26.2 Å².